The van der Waals surface area contributed by atoms with Gasteiger partial charge in [-0.15, -0.1) is 0 Å². The zero-order chi connectivity index (χ0) is 13.0. The number of hydrogen-bond acceptors (Lipinski definition) is 4. The predicted octanol–water partition coefficient (Wildman–Crippen LogP) is 1.53. The highest BCUT2D eigenvalue weighted by molar-refractivity contribution is 5.60. The van der Waals surface area contributed by atoms with Gasteiger partial charge in [-0.05, 0) is 26.0 Å². The lowest BCUT2D eigenvalue weighted by Crippen LogP contribution is -2.33. The quantitative estimate of drug-likeness (QED) is 0.817. The van der Waals surface area contributed by atoms with E-state index < -0.39 is 0 Å². The average molecular weight is 238 g/mol. The topological polar surface area (TPSA) is 58.7 Å². The van der Waals surface area contributed by atoms with Crippen LogP contribution in [-0.2, 0) is 0 Å². The average Bonchev–Trinajstić information content (AvgIpc) is 2.35. The summed E-state index contributed by atoms with van der Waals surface area (Å²) in [5.41, 5.74) is 7.97. The predicted molar refractivity (Wildman–Crippen MR) is 70.5 cm³/mol. The lowest BCUT2D eigenvalue weighted by atomic mass is 10.0. The van der Waals surface area contributed by atoms with Crippen molar-refractivity contribution in [3.63, 3.8) is 0 Å². The fourth-order valence-electron chi connectivity index (χ4n) is 1.84. The number of hydrogen-bond donors (Lipinski definition) is 2. The summed E-state index contributed by atoms with van der Waals surface area (Å²) in [6.07, 6.45) is 0. The molecule has 0 amide bonds. The summed E-state index contributed by atoms with van der Waals surface area (Å²) >= 11 is 0. The largest absolute Gasteiger partial charge is 0.496 e. The number of nitrogens with two attached hydrogens (primary N) is 1. The van der Waals surface area contributed by atoms with Crippen LogP contribution in [0.1, 0.15) is 25.5 Å². The van der Waals surface area contributed by atoms with Crippen LogP contribution >= 0.6 is 0 Å². The molecule has 96 valence electrons. The Labute approximate surface area is 103 Å². The molecule has 0 saturated carbocycles. The number of methoxy groups -OCH3 is 1. The maximum Gasteiger partial charge on any atom is 0.125 e. The SMILES string of the molecule is COc1cccc(N(C)C(C)CO)c1C(C)N. The summed E-state index contributed by atoms with van der Waals surface area (Å²) in [5, 5.41) is 9.22. The highest BCUT2D eigenvalue weighted by atomic mass is 16.5. The number of aliphatic hydroxyl groups is 1. The Bertz CT molecular complexity index is 366. The third-order valence-corrected chi connectivity index (χ3v) is 3.02. The Kier molecular flexibility index (Phi) is 4.78. The normalized spacial score (nSPS) is 14.2. The number of likely N-dealkylation sites (N-methyl/N-ethyl adjacent to an activating group) is 1. The van der Waals surface area contributed by atoms with Crippen molar-refractivity contribution < 1.29 is 9.84 Å². The van der Waals surface area contributed by atoms with E-state index in [0.717, 1.165) is 17.0 Å². The van der Waals surface area contributed by atoms with E-state index in [1.165, 1.54) is 0 Å². The first kappa shape index (κ1) is 13.8. The van der Waals surface area contributed by atoms with Gasteiger partial charge in [0, 0.05) is 30.4 Å². The molecular weight excluding hydrogens is 216 g/mol. The molecule has 17 heavy (non-hydrogen) atoms. The molecule has 0 heterocycles. The molecule has 1 aromatic carbocycles. The van der Waals surface area contributed by atoms with Gasteiger partial charge >= 0.3 is 0 Å². The Morgan fingerprint density at radius 3 is 2.53 bits per heavy atom. The van der Waals surface area contributed by atoms with Crippen LogP contribution in [0, 0.1) is 0 Å². The van der Waals surface area contributed by atoms with Crippen molar-refractivity contribution in [2.75, 3.05) is 25.7 Å². The first-order chi connectivity index (χ1) is 8.02. The van der Waals surface area contributed by atoms with Gasteiger partial charge in [-0.1, -0.05) is 6.07 Å². The third kappa shape index (κ3) is 2.90. The zero-order valence-electron chi connectivity index (χ0n) is 11.0. The minimum atomic E-state index is -0.116. The van der Waals surface area contributed by atoms with Crippen molar-refractivity contribution in [1.82, 2.24) is 0 Å². The fourth-order valence-corrected chi connectivity index (χ4v) is 1.84. The highest BCUT2D eigenvalue weighted by Gasteiger charge is 2.18. The van der Waals surface area contributed by atoms with Crippen molar-refractivity contribution in [1.29, 1.82) is 0 Å². The molecule has 0 saturated heterocycles. The Morgan fingerprint density at radius 1 is 1.41 bits per heavy atom. The van der Waals surface area contributed by atoms with Crippen LogP contribution in [0.5, 0.6) is 5.75 Å². The lowest BCUT2D eigenvalue weighted by Gasteiger charge is -2.29. The van der Waals surface area contributed by atoms with E-state index in [1.54, 1.807) is 7.11 Å². The molecule has 0 aromatic heterocycles. The summed E-state index contributed by atoms with van der Waals surface area (Å²) in [5.74, 6) is 0.787. The molecule has 2 unspecified atom stereocenters. The molecule has 0 spiro atoms. The van der Waals surface area contributed by atoms with Crippen LogP contribution in [-0.4, -0.2) is 31.9 Å². The number of aliphatic hydroxyl groups excluding tert-OH is 1. The molecule has 2 atom stereocenters. The number of rotatable bonds is 5. The van der Waals surface area contributed by atoms with Gasteiger partial charge in [0.15, 0.2) is 0 Å². The van der Waals surface area contributed by atoms with Gasteiger partial charge in [0.1, 0.15) is 5.75 Å². The first-order valence-electron chi connectivity index (χ1n) is 5.79. The van der Waals surface area contributed by atoms with Crippen LogP contribution in [0.3, 0.4) is 0 Å². The van der Waals surface area contributed by atoms with Crippen LogP contribution < -0.4 is 15.4 Å². The molecule has 0 bridgehead atoms. The molecule has 1 aromatic rings. The second-order valence-electron chi connectivity index (χ2n) is 4.32. The van der Waals surface area contributed by atoms with E-state index in [0.29, 0.717) is 0 Å². The molecule has 0 aliphatic rings. The molecule has 4 heteroatoms. The number of anilines is 1. The minimum absolute atomic E-state index is 0.0413. The lowest BCUT2D eigenvalue weighted by molar-refractivity contribution is 0.270. The molecule has 3 N–H and O–H groups in total. The van der Waals surface area contributed by atoms with Gasteiger partial charge in [0.05, 0.1) is 13.7 Å². The van der Waals surface area contributed by atoms with Crippen molar-refractivity contribution in [3.8, 4) is 5.75 Å². The number of ether oxygens (including phenoxy) is 1. The molecule has 4 nitrogen and oxygen atoms in total. The van der Waals surface area contributed by atoms with Gasteiger partial charge < -0.3 is 20.5 Å². The van der Waals surface area contributed by atoms with Crippen molar-refractivity contribution in [2.45, 2.75) is 25.9 Å². The summed E-state index contributed by atoms with van der Waals surface area (Å²) in [7, 11) is 3.59. The number of benzene rings is 1. The summed E-state index contributed by atoms with van der Waals surface area (Å²) < 4.78 is 5.34. The van der Waals surface area contributed by atoms with Crippen LogP contribution in [0.15, 0.2) is 18.2 Å². The van der Waals surface area contributed by atoms with Crippen molar-refractivity contribution >= 4 is 5.69 Å². The smallest absolute Gasteiger partial charge is 0.125 e. The van der Waals surface area contributed by atoms with Crippen LogP contribution in [0.2, 0.25) is 0 Å². The Hall–Kier alpha value is -1.26. The van der Waals surface area contributed by atoms with Gasteiger partial charge in [0.25, 0.3) is 0 Å². The van der Waals surface area contributed by atoms with E-state index >= 15 is 0 Å². The molecule has 0 aliphatic carbocycles. The molecule has 0 radical (unpaired) electrons. The highest BCUT2D eigenvalue weighted by Crippen LogP contribution is 2.33. The Balaban J connectivity index is 3.22. The monoisotopic (exact) mass is 238 g/mol. The van der Waals surface area contributed by atoms with Crippen LogP contribution in [0.4, 0.5) is 5.69 Å². The van der Waals surface area contributed by atoms with Crippen molar-refractivity contribution in [3.05, 3.63) is 23.8 Å². The van der Waals surface area contributed by atoms with E-state index in [4.69, 9.17) is 10.5 Å². The summed E-state index contributed by atoms with van der Waals surface area (Å²) in [6.45, 7) is 4.00. The molecule has 0 fully saturated rings. The van der Waals surface area contributed by atoms with Gasteiger partial charge in [-0.25, -0.2) is 0 Å². The van der Waals surface area contributed by atoms with Gasteiger partial charge in [-0.3, -0.25) is 0 Å². The maximum absolute atomic E-state index is 9.22. The minimum Gasteiger partial charge on any atom is -0.496 e. The van der Waals surface area contributed by atoms with E-state index in [2.05, 4.69) is 0 Å². The second kappa shape index (κ2) is 5.89. The van der Waals surface area contributed by atoms with E-state index in [9.17, 15) is 5.11 Å². The Morgan fingerprint density at radius 2 is 2.06 bits per heavy atom. The second-order valence-corrected chi connectivity index (χ2v) is 4.32. The third-order valence-electron chi connectivity index (χ3n) is 3.02. The summed E-state index contributed by atoms with van der Waals surface area (Å²) in [4.78, 5) is 2.02. The molecule has 0 aliphatic heterocycles. The fraction of sp³-hybridized carbons (Fsp3) is 0.538. The van der Waals surface area contributed by atoms with Gasteiger partial charge in [-0.2, -0.15) is 0 Å². The maximum atomic E-state index is 9.22. The number of nitrogens with zero attached hydrogens (tertiary/aromatic N) is 1. The summed E-state index contributed by atoms with van der Waals surface area (Å²) in [6, 6.07) is 5.75. The first-order valence-corrected chi connectivity index (χ1v) is 5.79. The standard InChI is InChI=1S/C13H22N2O2/c1-9(8-16)15(3)11-6-5-7-12(17-4)13(11)10(2)14/h5-7,9-10,16H,8,14H2,1-4H3. The van der Waals surface area contributed by atoms with Gasteiger partial charge in [0.2, 0.25) is 0 Å². The molecular formula is C13H22N2O2. The van der Waals surface area contributed by atoms with Crippen molar-refractivity contribution in [2.24, 2.45) is 5.73 Å². The van der Waals surface area contributed by atoms with Crippen LogP contribution in [0.25, 0.3) is 0 Å². The molecule has 1 rings (SSSR count). The van der Waals surface area contributed by atoms with E-state index in [1.807, 2.05) is 44.0 Å². The zero-order valence-corrected chi connectivity index (χ0v) is 11.0. The van der Waals surface area contributed by atoms with E-state index in [-0.39, 0.29) is 18.7 Å².